The first-order chi connectivity index (χ1) is 8.00. The molecule has 0 radical (unpaired) electrons. The summed E-state index contributed by atoms with van der Waals surface area (Å²) in [7, 11) is 0. The lowest BCUT2D eigenvalue weighted by Crippen LogP contribution is -2.11. The second-order valence-corrected chi connectivity index (χ2v) is 3.46. The van der Waals surface area contributed by atoms with Gasteiger partial charge in [-0.15, -0.1) is 0 Å². The highest BCUT2D eigenvalue weighted by molar-refractivity contribution is 6.29. The minimum atomic E-state index is 0.121. The number of hydrogen-bond acceptors (Lipinski definition) is 4. The summed E-state index contributed by atoms with van der Waals surface area (Å²) in [6.07, 6.45) is 1.50. The van der Waals surface area contributed by atoms with Crippen molar-refractivity contribution in [1.82, 2.24) is 0 Å². The van der Waals surface area contributed by atoms with Crippen LogP contribution in [-0.2, 0) is 0 Å². The molecule has 8 N–H and O–H groups in total. The first-order valence-electron chi connectivity index (χ1n) is 5.24. The van der Waals surface area contributed by atoms with Gasteiger partial charge in [-0.2, -0.15) is 0 Å². The van der Waals surface area contributed by atoms with Gasteiger partial charge in [0.2, 0.25) is 0 Å². The van der Waals surface area contributed by atoms with Crippen molar-refractivity contribution in [3.05, 3.63) is 46.9 Å². The van der Waals surface area contributed by atoms with Crippen molar-refractivity contribution in [1.29, 1.82) is 0 Å². The van der Waals surface area contributed by atoms with E-state index in [0.717, 1.165) is 5.56 Å². The lowest BCUT2D eigenvalue weighted by Gasteiger charge is -2.05. The van der Waals surface area contributed by atoms with Crippen molar-refractivity contribution in [3.63, 3.8) is 0 Å². The van der Waals surface area contributed by atoms with E-state index in [0.29, 0.717) is 11.3 Å². The summed E-state index contributed by atoms with van der Waals surface area (Å²) in [5.74, 6) is 0.156. The van der Waals surface area contributed by atoms with Gasteiger partial charge in [0, 0.05) is 11.3 Å². The highest BCUT2D eigenvalue weighted by Gasteiger charge is 2.02. The molecule has 94 valence electrons. The van der Waals surface area contributed by atoms with E-state index in [4.69, 9.17) is 34.5 Å². The summed E-state index contributed by atoms with van der Waals surface area (Å²) in [5, 5.41) is 0.121. The molecule has 0 unspecified atom stereocenters. The Morgan fingerprint density at radius 1 is 1.06 bits per heavy atom. The predicted octanol–water partition coefficient (Wildman–Crippen LogP) is 1.92. The Bertz CT molecular complexity index is 399. The molecule has 0 aliphatic rings. The number of hydrogen-bond donors (Lipinski definition) is 4. The smallest absolute Gasteiger partial charge is 0.101 e. The Morgan fingerprint density at radius 3 is 1.88 bits per heavy atom. The summed E-state index contributed by atoms with van der Waals surface area (Å²) in [5.41, 5.74) is 24.0. The van der Waals surface area contributed by atoms with Gasteiger partial charge < -0.3 is 22.9 Å². The fraction of sp³-hybridized carbons (Fsp3) is 0.167. The molecule has 0 amide bonds. The molecule has 0 saturated heterocycles. The Balaban J connectivity index is 0.00000121. The third-order valence-corrected chi connectivity index (χ3v) is 1.92. The lowest BCUT2D eigenvalue weighted by molar-refractivity contribution is 1.25. The third-order valence-electron chi connectivity index (χ3n) is 1.81. The van der Waals surface area contributed by atoms with Crippen molar-refractivity contribution in [3.8, 4) is 0 Å². The minimum Gasteiger partial charge on any atom is -0.399 e. The standard InChI is InChI=1S/C10H13ClN4.C2H6/c11-9(13)5-8(10(14)15)6-1-3-7(12)4-2-6;1-2/h1-5H,12-15H2;1-2H3/b9-5-;. The summed E-state index contributed by atoms with van der Waals surface area (Å²) < 4.78 is 0. The van der Waals surface area contributed by atoms with Crippen molar-refractivity contribution < 1.29 is 0 Å². The molecular formula is C12H19ClN4. The van der Waals surface area contributed by atoms with E-state index in [2.05, 4.69) is 0 Å². The van der Waals surface area contributed by atoms with Gasteiger partial charge in [-0.3, -0.25) is 0 Å². The summed E-state index contributed by atoms with van der Waals surface area (Å²) in [6, 6.07) is 7.08. The first kappa shape index (κ1) is 15.2. The monoisotopic (exact) mass is 254 g/mol. The molecule has 5 heteroatoms. The summed E-state index contributed by atoms with van der Waals surface area (Å²) in [4.78, 5) is 0. The van der Waals surface area contributed by atoms with Crippen LogP contribution in [0.5, 0.6) is 0 Å². The molecule has 0 heterocycles. The Labute approximate surface area is 107 Å². The van der Waals surface area contributed by atoms with Crippen LogP contribution in [0.25, 0.3) is 5.57 Å². The maximum Gasteiger partial charge on any atom is 0.101 e. The van der Waals surface area contributed by atoms with E-state index >= 15 is 0 Å². The molecule has 4 nitrogen and oxygen atoms in total. The fourth-order valence-electron chi connectivity index (χ4n) is 1.13. The van der Waals surface area contributed by atoms with Gasteiger partial charge in [0.25, 0.3) is 0 Å². The van der Waals surface area contributed by atoms with Gasteiger partial charge >= 0.3 is 0 Å². The molecule has 1 rings (SSSR count). The van der Waals surface area contributed by atoms with Crippen LogP contribution in [0.15, 0.2) is 41.3 Å². The van der Waals surface area contributed by atoms with Crippen LogP contribution in [0.2, 0.25) is 0 Å². The number of allylic oxidation sites excluding steroid dienone is 2. The van der Waals surface area contributed by atoms with E-state index in [1.54, 1.807) is 24.3 Å². The van der Waals surface area contributed by atoms with E-state index in [9.17, 15) is 0 Å². The van der Waals surface area contributed by atoms with E-state index in [1.165, 1.54) is 6.08 Å². The molecule has 1 aromatic rings. The molecule has 0 bridgehead atoms. The molecule has 0 spiro atoms. The van der Waals surface area contributed by atoms with Crippen LogP contribution in [0.3, 0.4) is 0 Å². The Morgan fingerprint density at radius 2 is 1.53 bits per heavy atom. The van der Waals surface area contributed by atoms with Crippen LogP contribution in [-0.4, -0.2) is 0 Å². The molecule has 17 heavy (non-hydrogen) atoms. The number of nitrogens with two attached hydrogens (primary N) is 4. The topological polar surface area (TPSA) is 104 Å². The molecule has 0 fully saturated rings. The van der Waals surface area contributed by atoms with Crippen molar-refractivity contribution in [2.45, 2.75) is 13.8 Å². The van der Waals surface area contributed by atoms with Gasteiger partial charge in [0.15, 0.2) is 0 Å². The largest absolute Gasteiger partial charge is 0.399 e. The van der Waals surface area contributed by atoms with Crippen LogP contribution in [0.4, 0.5) is 5.69 Å². The molecule has 0 aromatic heterocycles. The normalized spacial score (nSPS) is 10.2. The predicted molar refractivity (Wildman–Crippen MR) is 75.6 cm³/mol. The second-order valence-electron chi connectivity index (χ2n) is 3.02. The van der Waals surface area contributed by atoms with Crippen molar-refractivity contribution in [2.75, 3.05) is 5.73 Å². The number of halogens is 1. The summed E-state index contributed by atoms with van der Waals surface area (Å²) >= 11 is 5.57. The SMILES string of the molecule is CC.NC(N)=C(/C=C(\N)Cl)c1ccc(N)cc1. The maximum atomic E-state index is 5.57. The Kier molecular flexibility index (Phi) is 6.67. The van der Waals surface area contributed by atoms with E-state index in [-0.39, 0.29) is 11.0 Å². The van der Waals surface area contributed by atoms with Crippen LogP contribution < -0.4 is 22.9 Å². The zero-order valence-electron chi connectivity index (χ0n) is 10.1. The molecule has 0 aliphatic heterocycles. The summed E-state index contributed by atoms with van der Waals surface area (Å²) in [6.45, 7) is 4.00. The van der Waals surface area contributed by atoms with E-state index < -0.39 is 0 Å². The molecule has 0 atom stereocenters. The average Bonchev–Trinajstić information content (AvgIpc) is 2.29. The molecule has 1 aromatic carbocycles. The van der Waals surface area contributed by atoms with Gasteiger partial charge in [-0.1, -0.05) is 37.6 Å². The fourth-order valence-corrected chi connectivity index (χ4v) is 1.24. The van der Waals surface area contributed by atoms with Gasteiger partial charge in [-0.05, 0) is 23.8 Å². The van der Waals surface area contributed by atoms with Gasteiger partial charge in [0.1, 0.15) is 5.82 Å². The number of rotatable bonds is 2. The molecule has 0 aliphatic carbocycles. The van der Waals surface area contributed by atoms with Crippen molar-refractivity contribution >= 4 is 22.9 Å². The number of nitrogen functional groups attached to an aromatic ring is 1. The van der Waals surface area contributed by atoms with Crippen LogP contribution in [0, 0.1) is 0 Å². The lowest BCUT2D eigenvalue weighted by atomic mass is 10.1. The van der Waals surface area contributed by atoms with Crippen molar-refractivity contribution in [2.24, 2.45) is 17.2 Å². The number of anilines is 1. The average molecular weight is 255 g/mol. The molecule has 0 saturated carbocycles. The highest BCUT2D eigenvalue weighted by atomic mass is 35.5. The number of benzene rings is 1. The first-order valence-corrected chi connectivity index (χ1v) is 5.62. The Hall–Kier alpha value is -1.81. The maximum absolute atomic E-state index is 5.57. The third kappa shape index (κ3) is 5.17. The second kappa shape index (κ2) is 7.46. The quantitative estimate of drug-likeness (QED) is 0.368. The van der Waals surface area contributed by atoms with E-state index in [1.807, 2.05) is 13.8 Å². The minimum absolute atomic E-state index is 0.121. The zero-order valence-corrected chi connectivity index (χ0v) is 10.8. The highest BCUT2D eigenvalue weighted by Crippen LogP contribution is 2.19. The van der Waals surface area contributed by atoms with Gasteiger partial charge in [0.05, 0.1) is 5.16 Å². The zero-order chi connectivity index (χ0) is 13.4. The van der Waals surface area contributed by atoms with Crippen LogP contribution in [0.1, 0.15) is 19.4 Å². The molecular weight excluding hydrogens is 236 g/mol. The van der Waals surface area contributed by atoms with Gasteiger partial charge in [-0.25, -0.2) is 0 Å². The van der Waals surface area contributed by atoms with Crippen LogP contribution >= 0.6 is 11.6 Å².